The smallest absolute Gasteiger partial charge is 0.161 e. The number of aromatic nitrogens is 2. The maximum atomic E-state index is 10.2. The van der Waals surface area contributed by atoms with Crippen LogP contribution in [-0.4, -0.2) is 9.97 Å². The molecule has 0 bridgehead atoms. The first-order valence-electron chi connectivity index (χ1n) is 21.4. The van der Waals surface area contributed by atoms with Crippen molar-refractivity contribution < 1.29 is 0 Å². The van der Waals surface area contributed by atoms with Gasteiger partial charge in [0.1, 0.15) is 0 Å². The lowest BCUT2D eigenvalue weighted by molar-refractivity contribution is 0.794. The minimum Gasteiger partial charge on any atom is -0.228 e. The van der Waals surface area contributed by atoms with Gasteiger partial charge in [-0.25, -0.2) is 9.97 Å². The van der Waals surface area contributed by atoms with Crippen molar-refractivity contribution in [2.24, 2.45) is 0 Å². The summed E-state index contributed by atoms with van der Waals surface area (Å²) in [6.07, 6.45) is 0. The lowest BCUT2D eigenvalue weighted by Crippen LogP contribution is -2.25. The SMILES string of the molecule is N#Cc1ccc2c(c1)-c1cc(-c3ccccc3-c3nc(-c4ccc(-c5ccccc5)cc4)cc(-c4ccc(-c5ccccc5)cc4)n3)ccc1C21c2ccccc2-c2ccccc21. The van der Waals surface area contributed by atoms with Crippen LogP contribution in [0.5, 0.6) is 0 Å². The molecule has 1 spiro atoms. The Morgan fingerprint density at radius 1 is 0.302 bits per heavy atom. The van der Waals surface area contributed by atoms with Crippen LogP contribution >= 0.6 is 0 Å². The Morgan fingerprint density at radius 3 is 1.24 bits per heavy atom. The number of hydrogen-bond donors (Lipinski definition) is 0. The predicted molar refractivity (Wildman–Crippen MR) is 256 cm³/mol. The third kappa shape index (κ3) is 5.81. The van der Waals surface area contributed by atoms with Crippen molar-refractivity contribution in [1.29, 1.82) is 5.26 Å². The Hall–Kier alpha value is -8.45. The Kier molecular flexibility index (Phi) is 8.45. The second-order valence-electron chi connectivity index (χ2n) is 16.4. The fourth-order valence-electron chi connectivity index (χ4n) is 10.1. The molecule has 0 atom stereocenters. The van der Waals surface area contributed by atoms with E-state index in [0.717, 1.165) is 61.5 Å². The van der Waals surface area contributed by atoms with Gasteiger partial charge in [-0.1, -0.05) is 200 Å². The third-order valence-corrected chi connectivity index (χ3v) is 13.0. The lowest BCUT2D eigenvalue weighted by Gasteiger charge is -2.30. The van der Waals surface area contributed by atoms with Gasteiger partial charge in [0, 0.05) is 16.7 Å². The van der Waals surface area contributed by atoms with Gasteiger partial charge in [-0.3, -0.25) is 0 Å². The Labute approximate surface area is 366 Å². The molecule has 63 heavy (non-hydrogen) atoms. The summed E-state index contributed by atoms with van der Waals surface area (Å²) >= 11 is 0. The highest BCUT2D eigenvalue weighted by Gasteiger charge is 2.51. The lowest BCUT2D eigenvalue weighted by atomic mass is 9.70. The van der Waals surface area contributed by atoms with E-state index in [-0.39, 0.29) is 0 Å². The molecule has 2 aliphatic carbocycles. The van der Waals surface area contributed by atoms with Gasteiger partial charge in [0.15, 0.2) is 5.82 Å². The first kappa shape index (κ1) is 36.4. The highest BCUT2D eigenvalue weighted by molar-refractivity contribution is 5.97. The minimum absolute atomic E-state index is 0.498. The van der Waals surface area contributed by atoms with Crippen molar-refractivity contribution in [1.82, 2.24) is 9.97 Å². The molecule has 10 aromatic rings. The minimum atomic E-state index is -0.498. The molecule has 3 heteroatoms. The van der Waals surface area contributed by atoms with Gasteiger partial charge in [0.25, 0.3) is 0 Å². The summed E-state index contributed by atoms with van der Waals surface area (Å²) in [5, 5.41) is 10.2. The number of nitriles is 1. The van der Waals surface area contributed by atoms with Crippen molar-refractivity contribution in [3.8, 4) is 95.6 Å². The average molecular weight is 800 g/mol. The molecular weight excluding hydrogens is 763 g/mol. The number of rotatable bonds is 6. The van der Waals surface area contributed by atoms with E-state index in [1.807, 2.05) is 18.2 Å². The summed E-state index contributed by atoms with van der Waals surface area (Å²) in [4.78, 5) is 10.7. The predicted octanol–water partition coefficient (Wildman–Crippen LogP) is 14.7. The van der Waals surface area contributed by atoms with E-state index < -0.39 is 5.41 Å². The van der Waals surface area contributed by atoms with Gasteiger partial charge in [-0.05, 0) is 102 Å². The summed E-state index contributed by atoms with van der Waals surface area (Å²) in [6, 6.07) is 82.0. The molecule has 0 amide bonds. The molecule has 0 saturated carbocycles. The second kappa shape index (κ2) is 14.6. The van der Waals surface area contributed by atoms with Gasteiger partial charge in [0.2, 0.25) is 0 Å². The highest BCUT2D eigenvalue weighted by atomic mass is 14.9. The maximum Gasteiger partial charge on any atom is 0.161 e. The van der Waals surface area contributed by atoms with Crippen LogP contribution in [0.4, 0.5) is 0 Å². The van der Waals surface area contributed by atoms with Crippen molar-refractivity contribution in [3.05, 3.63) is 252 Å². The largest absolute Gasteiger partial charge is 0.228 e. The Balaban J connectivity index is 1.02. The topological polar surface area (TPSA) is 49.6 Å². The molecule has 0 unspecified atom stereocenters. The Morgan fingerprint density at radius 2 is 0.698 bits per heavy atom. The molecular formula is C60H37N3. The zero-order valence-corrected chi connectivity index (χ0v) is 34.2. The molecule has 0 radical (unpaired) electrons. The van der Waals surface area contributed by atoms with Crippen molar-refractivity contribution >= 4 is 0 Å². The van der Waals surface area contributed by atoms with Crippen molar-refractivity contribution in [3.63, 3.8) is 0 Å². The second-order valence-corrected chi connectivity index (χ2v) is 16.4. The molecule has 12 rings (SSSR count). The van der Waals surface area contributed by atoms with E-state index in [9.17, 15) is 5.26 Å². The molecule has 1 aromatic heterocycles. The average Bonchev–Trinajstić information content (AvgIpc) is 3.83. The van der Waals surface area contributed by atoms with Crippen molar-refractivity contribution in [2.75, 3.05) is 0 Å². The molecule has 1 heterocycles. The van der Waals surface area contributed by atoms with E-state index in [1.165, 1.54) is 44.5 Å². The summed E-state index contributed by atoms with van der Waals surface area (Å²) in [5.41, 5.74) is 21.3. The van der Waals surface area contributed by atoms with Crippen LogP contribution < -0.4 is 0 Å². The van der Waals surface area contributed by atoms with E-state index in [4.69, 9.17) is 9.97 Å². The molecule has 0 saturated heterocycles. The number of nitrogens with zero attached hydrogens (tertiary/aromatic N) is 3. The first-order valence-corrected chi connectivity index (χ1v) is 21.4. The van der Waals surface area contributed by atoms with Crippen LogP contribution in [0.25, 0.3) is 89.5 Å². The fourth-order valence-corrected chi connectivity index (χ4v) is 10.1. The van der Waals surface area contributed by atoms with Crippen LogP contribution in [0.1, 0.15) is 27.8 Å². The number of fused-ring (bicyclic) bond motifs is 10. The fraction of sp³-hybridized carbons (Fsp3) is 0.0167. The van der Waals surface area contributed by atoms with Crippen LogP contribution in [0.3, 0.4) is 0 Å². The van der Waals surface area contributed by atoms with Crippen molar-refractivity contribution in [2.45, 2.75) is 5.41 Å². The van der Waals surface area contributed by atoms with E-state index in [1.54, 1.807) is 0 Å². The first-order chi connectivity index (χ1) is 31.2. The quantitative estimate of drug-likeness (QED) is 0.168. The van der Waals surface area contributed by atoms with E-state index in [0.29, 0.717) is 11.4 Å². The molecule has 9 aromatic carbocycles. The summed E-state index contributed by atoms with van der Waals surface area (Å²) in [6.45, 7) is 0. The molecule has 292 valence electrons. The number of hydrogen-bond acceptors (Lipinski definition) is 3. The van der Waals surface area contributed by atoms with Crippen LogP contribution in [-0.2, 0) is 5.41 Å². The van der Waals surface area contributed by atoms with E-state index in [2.05, 4.69) is 212 Å². The summed E-state index contributed by atoms with van der Waals surface area (Å²) < 4.78 is 0. The van der Waals surface area contributed by atoms with Gasteiger partial charge in [-0.2, -0.15) is 5.26 Å². The normalized spacial score (nSPS) is 12.6. The van der Waals surface area contributed by atoms with E-state index >= 15 is 0 Å². The molecule has 0 fully saturated rings. The Bertz CT molecular complexity index is 3290. The van der Waals surface area contributed by atoms with Gasteiger partial charge in [0.05, 0.1) is 28.4 Å². The molecule has 3 nitrogen and oxygen atoms in total. The molecule has 0 N–H and O–H groups in total. The number of benzene rings is 9. The molecule has 2 aliphatic rings. The summed E-state index contributed by atoms with van der Waals surface area (Å²) in [7, 11) is 0. The van der Waals surface area contributed by atoms with Crippen LogP contribution in [0, 0.1) is 11.3 Å². The summed E-state index contributed by atoms with van der Waals surface area (Å²) in [5.74, 6) is 0.653. The van der Waals surface area contributed by atoms with Gasteiger partial charge in [-0.15, -0.1) is 0 Å². The van der Waals surface area contributed by atoms with Crippen LogP contribution in [0.2, 0.25) is 0 Å². The van der Waals surface area contributed by atoms with Gasteiger partial charge < -0.3 is 0 Å². The zero-order chi connectivity index (χ0) is 41.9. The third-order valence-electron chi connectivity index (χ3n) is 13.0. The highest BCUT2D eigenvalue weighted by Crippen LogP contribution is 2.63. The van der Waals surface area contributed by atoms with Crippen LogP contribution in [0.15, 0.2) is 224 Å². The monoisotopic (exact) mass is 799 g/mol. The van der Waals surface area contributed by atoms with Gasteiger partial charge >= 0.3 is 0 Å². The zero-order valence-electron chi connectivity index (χ0n) is 34.2. The maximum absolute atomic E-state index is 10.2. The molecule has 0 aliphatic heterocycles. The standard InChI is InChI=1S/C60H37N3/c61-38-39-23-33-55-51(35-39)52-36-46(32-34-56(52)60(55)53-21-11-9-18-48(53)49-19-10-12-22-54(49)60)47-17-7-8-20-50(47)59-62-57(44-28-24-42(25-29-44)40-13-3-1-4-14-40)37-58(63-59)45-30-26-43(27-31-45)41-15-5-2-6-16-41/h1-37H.